The van der Waals surface area contributed by atoms with Crippen LogP contribution in [0.5, 0.6) is 0 Å². The van der Waals surface area contributed by atoms with Crippen LogP contribution in [0.4, 0.5) is 0 Å². The molecule has 3 aromatic heterocycles. The zero-order chi connectivity index (χ0) is 18.3. The van der Waals surface area contributed by atoms with E-state index in [1.165, 1.54) is 11.8 Å². The first kappa shape index (κ1) is 16.7. The molecule has 0 atom stereocenters. The van der Waals surface area contributed by atoms with Gasteiger partial charge in [0, 0.05) is 29.9 Å². The highest BCUT2D eigenvalue weighted by molar-refractivity contribution is 7.98. The van der Waals surface area contributed by atoms with Crippen molar-refractivity contribution in [3.63, 3.8) is 0 Å². The second-order valence-corrected chi connectivity index (χ2v) is 7.24. The average Bonchev–Trinajstić information content (AvgIpc) is 3.21. The number of hydrogen-bond acceptors (Lipinski definition) is 5. The molecule has 0 spiro atoms. The largest absolute Gasteiger partial charge is 0.461 e. The molecule has 0 aliphatic heterocycles. The molecule has 0 aliphatic carbocycles. The molecule has 0 amide bonds. The minimum atomic E-state index is 0.0427. The molecular formula is C19H18N4O2S. The maximum atomic E-state index is 12.5. The summed E-state index contributed by atoms with van der Waals surface area (Å²) in [5, 5.41) is 9.93. The Balaban J connectivity index is 1.62. The van der Waals surface area contributed by atoms with E-state index in [2.05, 4.69) is 15.2 Å². The van der Waals surface area contributed by atoms with E-state index in [1.807, 2.05) is 49.7 Å². The molecule has 4 aromatic rings. The molecule has 132 valence electrons. The maximum Gasteiger partial charge on any atom is 0.200 e. The number of furan rings is 1. The Morgan fingerprint density at radius 3 is 2.85 bits per heavy atom. The second kappa shape index (κ2) is 6.49. The number of nitrogens with zero attached hydrogens (tertiary/aromatic N) is 3. The van der Waals surface area contributed by atoms with E-state index in [0.717, 1.165) is 32.9 Å². The zero-order valence-electron chi connectivity index (χ0n) is 14.7. The van der Waals surface area contributed by atoms with E-state index in [0.29, 0.717) is 17.3 Å². The Bertz CT molecular complexity index is 1140. The van der Waals surface area contributed by atoms with Crippen molar-refractivity contribution in [3.8, 4) is 11.6 Å². The molecule has 7 heteroatoms. The van der Waals surface area contributed by atoms with Gasteiger partial charge >= 0.3 is 0 Å². The first-order valence-corrected chi connectivity index (χ1v) is 9.20. The van der Waals surface area contributed by atoms with E-state index < -0.39 is 0 Å². The number of pyridine rings is 1. The molecule has 6 nitrogen and oxygen atoms in total. The Labute approximate surface area is 154 Å². The monoisotopic (exact) mass is 366 g/mol. The summed E-state index contributed by atoms with van der Waals surface area (Å²) in [7, 11) is 1.90. The van der Waals surface area contributed by atoms with Crippen molar-refractivity contribution < 1.29 is 4.42 Å². The summed E-state index contributed by atoms with van der Waals surface area (Å²) in [5.74, 6) is 1.95. The van der Waals surface area contributed by atoms with Gasteiger partial charge in [-0.05, 0) is 43.2 Å². The Kier molecular flexibility index (Phi) is 4.16. The van der Waals surface area contributed by atoms with E-state index in [1.54, 1.807) is 12.3 Å². The lowest BCUT2D eigenvalue weighted by Crippen LogP contribution is -2.06. The van der Waals surface area contributed by atoms with Crippen LogP contribution in [0.1, 0.15) is 16.8 Å². The highest BCUT2D eigenvalue weighted by Gasteiger charge is 2.14. The summed E-state index contributed by atoms with van der Waals surface area (Å²) in [4.78, 5) is 15.9. The molecule has 1 N–H and O–H groups in total. The van der Waals surface area contributed by atoms with Crippen LogP contribution in [-0.4, -0.2) is 19.7 Å². The van der Waals surface area contributed by atoms with Crippen molar-refractivity contribution in [1.82, 2.24) is 19.7 Å². The van der Waals surface area contributed by atoms with Crippen LogP contribution in [-0.2, 0) is 12.8 Å². The average molecular weight is 366 g/mol. The fourth-order valence-electron chi connectivity index (χ4n) is 3.11. The number of aromatic amines is 1. The molecule has 1 aromatic carbocycles. The fourth-order valence-corrected chi connectivity index (χ4v) is 3.93. The molecule has 0 fully saturated rings. The minimum absolute atomic E-state index is 0.0427. The van der Waals surface area contributed by atoms with Crippen LogP contribution in [0, 0.1) is 13.8 Å². The molecule has 0 unspecified atom stereocenters. The van der Waals surface area contributed by atoms with Gasteiger partial charge in [0.25, 0.3) is 0 Å². The van der Waals surface area contributed by atoms with Crippen LogP contribution in [0.3, 0.4) is 0 Å². The Morgan fingerprint density at radius 2 is 2.08 bits per heavy atom. The molecular weight excluding hydrogens is 348 g/mol. The number of fused-ring (bicyclic) bond motifs is 1. The molecule has 3 heterocycles. The molecule has 26 heavy (non-hydrogen) atoms. The number of hydrogen-bond donors (Lipinski definition) is 1. The van der Waals surface area contributed by atoms with E-state index in [4.69, 9.17) is 4.42 Å². The summed E-state index contributed by atoms with van der Waals surface area (Å²) < 4.78 is 7.27. The van der Waals surface area contributed by atoms with Crippen LogP contribution in [0.15, 0.2) is 51.0 Å². The number of nitrogens with one attached hydrogen (secondary N) is 1. The van der Waals surface area contributed by atoms with Gasteiger partial charge in [-0.3, -0.25) is 4.79 Å². The second-order valence-electron chi connectivity index (χ2n) is 6.29. The van der Waals surface area contributed by atoms with E-state index in [9.17, 15) is 4.79 Å². The summed E-state index contributed by atoms with van der Waals surface area (Å²) in [6, 6.07) is 9.38. The first-order valence-electron chi connectivity index (χ1n) is 8.22. The summed E-state index contributed by atoms with van der Waals surface area (Å²) in [6.45, 7) is 4.00. The van der Waals surface area contributed by atoms with Gasteiger partial charge in [0.2, 0.25) is 0 Å². The summed E-state index contributed by atoms with van der Waals surface area (Å²) in [5.41, 5.74) is 3.91. The molecule has 0 aliphatic rings. The molecule has 0 bridgehead atoms. The third-order valence-corrected chi connectivity index (χ3v) is 5.33. The van der Waals surface area contributed by atoms with Gasteiger partial charge in [0.05, 0.1) is 11.8 Å². The van der Waals surface area contributed by atoms with Crippen molar-refractivity contribution in [2.45, 2.75) is 24.8 Å². The molecule has 0 saturated carbocycles. The highest BCUT2D eigenvalue weighted by atomic mass is 32.2. The standard InChI is InChI=1S/C19H18N4O2S/c1-11-7-12(2)17-14(8-11)20-13(9-15(17)24)10-26-19-22-21-18(23(19)3)16-5-4-6-25-16/h4-9H,10H2,1-3H3,(H,20,24). The van der Waals surface area contributed by atoms with E-state index in [-0.39, 0.29) is 5.43 Å². The van der Waals surface area contributed by atoms with Crippen LogP contribution in [0.2, 0.25) is 0 Å². The van der Waals surface area contributed by atoms with Crippen molar-refractivity contribution >= 4 is 22.7 Å². The lowest BCUT2D eigenvalue weighted by Gasteiger charge is -2.07. The predicted molar refractivity (Wildman–Crippen MR) is 102 cm³/mol. The van der Waals surface area contributed by atoms with Gasteiger partial charge < -0.3 is 14.0 Å². The first-order chi connectivity index (χ1) is 12.5. The summed E-state index contributed by atoms with van der Waals surface area (Å²) in [6.07, 6.45) is 1.61. The smallest absolute Gasteiger partial charge is 0.200 e. The normalized spacial score (nSPS) is 11.3. The Hall–Kier alpha value is -2.80. The predicted octanol–water partition coefficient (Wildman–Crippen LogP) is 3.83. The van der Waals surface area contributed by atoms with Crippen LogP contribution >= 0.6 is 11.8 Å². The van der Waals surface area contributed by atoms with Gasteiger partial charge in [0.15, 0.2) is 22.2 Å². The lowest BCUT2D eigenvalue weighted by atomic mass is 10.1. The molecule has 0 radical (unpaired) electrons. The number of rotatable bonds is 4. The van der Waals surface area contributed by atoms with Crippen molar-refractivity contribution in [3.05, 3.63) is 63.6 Å². The number of H-pyrrole nitrogens is 1. The topological polar surface area (TPSA) is 76.7 Å². The number of benzene rings is 1. The third-order valence-electron chi connectivity index (χ3n) is 4.26. The minimum Gasteiger partial charge on any atom is -0.461 e. The van der Waals surface area contributed by atoms with Gasteiger partial charge in [-0.25, -0.2) is 0 Å². The van der Waals surface area contributed by atoms with Gasteiger partial charge in [-0.15, -0.1) is 10.2 Å². The van der Waals surface area contributed by atoms with Crippen molar-refractivity contribution in [2.24, 2.45) is 7.05 Å². The quantitative estimate of drug-likeness (QED) is 0.556. The van der Waals surface area contributed by atoms with Crippen LogP contribution < -0.4 is 5.43 Å². The maximum absolute atomic E-state index is 12.5. The molecule has 0 saturated heterocycles. The van der Waals surface area contributed by atoms with Crippen molar-refractivity contribution in [1.29, 1.82) is 0 Å². The van der Waals surface area contributed by atoms with Crippen molar-refractivity contribution in [2.75, 3.05) is 0 Å². The van der Waals surface area contributed by atoms with E-state index >= 15 is 0 Å². The highest BCUT2D eigenvalue weighted by Crippen LogP contribution is 2.25. The summed E-state index contributed by atoms with van der Waals surface area (Å²) >= 11 is 1.52. The van der Waals surface area contributed by atoms with Gasteiger partial charge in [-0.2, -0.15) is 0 Å². The fraction of sp³-hybridized carbons (Fsp3) is 0.211. The van der Waals surface area contributed by atoms with Gasteiger partial charge in [0.1, 0.15) is 0 Å². The number of aromatic nitrogens is 4. The SMILES string of the molecule is Cc1cc(C)c2c(=O)cc(CSc3nnc(-c4ccco4)n3C)[nH]c2c1. The van der Waals surface area contributed by atoms with Crippen LogP contribution in [0.25, 0.3) is 22.5 Å². The van der Waals surface area contributed by atoms with Gasteiger partial charge in [-0.1, -0.05) is 17.8 Å². The Morgan fingerprint density at radius 1 is 1.23 bits per heavy atom. The zero-order valence-corrected chi connectivity index (χ0v) is 15.6. The third kappa shape index (κ3) is 2.94. The lowest BCUT2D eigenvalue weighted by molar-refractivity contribution is 0.572. The number of thioether (sulfide) groups is 1. The number of aryl methyl sites for hydroxylation is 2. The molecule has 4 rings (SSSR count).